The molecule has 18 heavy (non-hydrogen) atoms. The molecule has 2 rings (SSSR count). The minimum absolute atomic E-state index is 0.0453. The van der Waals surface area contributed by atoms with Crippen molar-refractivity contribution in [2.75, 3.05) is 5.75 Å². The molecule has 1 atom stereocenters. The number of aryl methyl sites for hydroxylation is 2. The van der Waals surface area contributed by atoms with Crippen LogP contribution >= 0.6 is 23.3 Å². The first-order valence-corrected chi connectivity index (χ1v) is 7.72. The molecule has 0 spiro atoms. The molecule has 0 amide bonds. The summed E-state index contributed by atoms with van der Waals surface area (Å²) in [4.78, 5) is 4.43. The van der Waals surface area contributed by atoms with Gasteiger partial charge in [-0.3, -0.25) is 0 Å². The van der Waals surface area contributed by atoms with Crippen LogP contribution in [0.3, 0.4) is 0 Å². The van der Waals surface area contributed by atoms with Gasteiger partial charge in [-0.2, -0.15) is 4.37 Å². The Morgan fingerprint density at radius 2 is 2.28 bits per heavy atom. The maximum atomic E-state index is 6.19. The van der Waals surface area contributed by atoms with Crippen LogP contribution in [0, 0.1) is 6.92 Å². The average Bonchev–Trinajstić information content (AvgIpc) is 2.84. The van der Waals surface area contributed by atoms with Crippen molar-refractivity contribution in [3.8, 4) is 0 Å². The van der Waals surface area contributed by atoms with Crippen molar-refractivity contribution < 1.29 is 0 Å². The minimum atomic E-state index is 0.0453. The molecule has 1 unspecified atom stereocenters. The van der Waals surface area contributed by atoms with Gasteiger partial charge in [0.25, 0.3) is 0 Å². The second-order valence-corrected chi connectivity index (χ2v) is 6.18. The van der Waals surface area contributed by atoms with Crippen molar-refractivity contribution >= 4 is 23.3 Å². The van der Waals surface area contributed by atoms with E-state index in [0.717, 1.165) is 22.3 Å². The Hall–Kier alpha value is -0.910. The van der Waals surface area contributed by atoms with Gasteiger partial charge in [0.1, 0.15) is 5.82 Å². The molecule has 2 aromatic rings. The molecule has 5 heteroatoms. The van der Waals surface area contributed by atoms with Crippen LogP contribution in [0.25, 0.3) is 0 Å². The monoisotopic (exact) mass is 279 g/mol. The quantitative estimate of drug-likeness (QED) is 0.854. The van der Waals surface area contributed by atoms with Gasteiger partial charge in [0, 0.05) is 18.2 Å². The first-order valence-electron chi connectivity index (χ1n) is 5.96. The van der Waals surface area contributed by atoms with Crippen molar-refractivity contribution in [2.45, 2.75) is 30.6 Å². The molecule has 0 bridgehead atoms. The van der Waals surface area contributed by atoms with E-state index in [9.17, 15) is 0 Å². The molecule has 1 aromatic carbocycles. The van der Waals surface area contributed by atoms with Crippen LogP contribution in [0.1, 0.15) is 29.9 Å². The molecule has 1 aromatic heterocycles. The lowest BCUT2D eigenvalue weighted by molar-refractivity contribution is 0.829. The first-order chi connectivity index (χ1) is 8.69. The number of hydrogen-bond acceptors (Lipinski definition) is 5. The Labute approximate surface area is 116 Å². The Kier molecular flexibility index (Phi) is 4.74. The van der Waals surface area contributed by atoms with Crippen LogP contribution in [-0.2, 0) is 6.42 Å². The lowest BCUT2D eigenvalue weighted by Gasteiger charge is -2.11. The van der Waals surface area contributed by atoms with E-state index in [1.807, 2.05) is 0 Å². The number of thioether (sulfide) groups is 1. The molecule has 0 aliphatic carbocycles. The van der Waals surface area contributed by atoms with Crippen LogP contribution in [0.5, 0.6) is 0 Å². The number of nitrogens with zero attached hydrogens (tertiary/aromatic N) is 2. The number of benzene rings is 1. The molecule has 0 saturated carbocycles. The van der Waals surface area contributed by atoms with Gasteiger partial charge in [-0.15, -0.1) is 0 Å². The van der Waals surface area contributed by atoms with E-state index in [-0.39, 0.29) is 6.04 Å². The van der Waals surface area contributed by atoms with Crippen LogP contribution in [0.4, 0.5) is 0 Å². The summed E-state index contributed by atoms with van der Waals surface area (Å²) in [5.74, 6) is 1.76. The third-order valence-corrected chi connectivity index (χ3v) is 4.61. The van der Waals surface area contributed by atoms with E-state index in [1.54, 1.807) is 11.8 Å². The second-order valence-electron chi connectivity index (χ2n) is 4.16. The van der Waals surface area contributed by atoms with Gasteiger partial charge in [0.05, 0.1) is 0 Å². The molecule has 2 N–H and O–H groups in total. The van der Waals surface area contributed by atoms with Crippen molar-refractivity contribution in [1.82, 2.24) is 9.36 Å². The largest absolute Gasteiger partial charge is 0.323 e. The average molecular weight is 279 g/mol. The van der Waals surface area contributed by atoms with Crippen molar-refractivity contribution in [3.63, 3.8) is 0 Å². The third kappa shape index (κ3) is 3.54. The van der Waals surface area contributed by atoms with Gasteiger partial charge in [-0.25, -0.2) is 4.98 Å². The van der Waals surface area contributed by atoms with Gasteiger partial charge in [-0.05, 0) is 24.0 Å². The lowest BCUT2D eigenvalue weighted by atomic mass is 10.1. The summed E-state index contributed by atoms with van der Waals surface area (Å²) in [5.41, 5.74) is 8.62. The van der Waals surface area contributed by atoms with Crippen molar-refractivity contribution in [3.05, 3.63) is 41.2 Å². The Balaban J connectivity index is 1.93. The standard InChI is InChI=1S/C13H17N3S2/c1-3-12-15-13(18-16-12)17-8-11(14)10-6-4-5-9(2)7-10/h4-7,11H,3,8,14H2,1-2H3. The number of aromatic nitrogens is 2. The Bertz CT molecular complexity index is 510. The van der Waals surface area contributed by atoms with Crippen LogP contribution < -0.4 is 5.73 Å². The predicted octanol–water partition coefficient (Wildman–Crippen LogP) is 3.20. The van der Waals surface area contributed by atoms with E-state index < -0.39 is 0 Å². The lowest BCUT2D eigenvalue weighted by Crippen LogP contribution is -2.12. The van der Waals surface area contributed by atoms with Gasteiger partial charge in [0.15, 0.2) is 4.34 Å². The highest BCUT2D eigenvalue weighted by molar-refractivity contribution is 8.00. The SMILES string of the molecule is CCc1nsc(SCC(N)c2cccc(C)c2)n1. The number of rotatable bonds is 5. The molecule has 0 aliphatic heterocycles. The van der Waals surface area contributed by atoms with Gasteiger partial charge >= 0.3 is 0 Å². The van der Waals surface area contributed by atoms with Crippen LogP contribution in [0.2, 0.25) is 0 Å². The highest BCUT2D eigenvalue weighted by atomic mass is 32.2. The maximum absolute atomic E-state index is 6.19. The van der Waals surface area contributed by atoms with E-state index in [1.165, 1.54) is 22.7 Å². The van der Waals surface area contributed by atoms with E-state index in [4.69, 9.17) is 5.73 Å². The summed E-state index contributed by atoms with van der Waals surface area (Å²) in [6, 6.07) is 8.40. The summed E-state index contributed by atoms with van der Waals surface area (Å²) in [5, 5.41) is 0. The van der Waals surface area contributed by atoms with Crippen LogP contribution in [-0.4, -0.2) is 15.1 Å². The smallest absolute Gasteiger partial charge is 0.170 e. The van der Waals surface area contributed by atoms with E-state index in [0.29, 0.717) is 0 Å². The topological polar surface area (TPSA) is 51.8 Å². The highest BCUT2D eigenvalue weighted by Crippen LogP contribution is 2.25. The fourth-order valence-corrected chi connectivity index (χ4v) is 3.31. The summed E-state index contributed by atoms with van der Waals surface area (Å²) < 4.78 is 5.28. The summed E-state index contributed by atoms with van der Waals surface area (Å²) >= 11 is 3.15. The zero-order valence-corrected chi connectivity index (χ0v) is 12.2. The molecule has 0 fully saturated rings. The number of nitrogens with two attached hydrogens (primary N) is 1. The number of hydrogen-bond donors (Lipinski definition) is 1. The Morgan fingerprint density at radius 3 is 2.94 bits per heavy atom. The zero-order chi connectivity index (χ0) is 13.0. The summed E-state index contributed by atoms with van der Waals surface area (Å²) in [7, 11) is 0. The molecular formula is C13H17N3S2. The van der Waals surface area contributed by atoms with Gasteiger partial charge < -0.3 is 5.73 Å². The molecule has 96 valence electrons. The fraction of sp³-hybridized carbons (Fsp3) is 0.385. The molecule has 0 radical (unpaired) electrons. The molecule has 0 aliphatic rings. The third-order valence-electron chi connectivity index (χ3n) is 2.62. The maximum Gasteiger partial charge on any atom is 0.170 e. The van der Waals surface area contributed by atoms with Gasteiger partial charge in [-0.1, -0.05) is 48.5 Å². The van der Waals surface area contributed by atoms with E-state index >= 15 is 0 Å². The molecular weight excluding hydrogens is 262 g/mol. The van der Waals surface area contributed by atoms with Crippen LogP contribution in [0.15, 0.2) is 28.6 Å². The van der Waals surface area contributed by atoms with Gasteiger partial charge in [0.2, 0.25) is 0 Å². The summed E-state index contributed by atoms with van der Waals surface area (Å²) in [6.07, 6.45) is 0.890. The molecule has 1 heterocycles. The highest BCUT2D eigenvalue weighted by Gasteiger charge is 2.09. The predicted molar refractivity (Wildman–Crippen MR) is 78.1 cm³/mol. The summed E-state index contributed by atoms with van der Waals surface area (Å²) in [6.45, 7) is 4.15. The van der Waals surface area contributed by atoms with E-state index in [2.05, 4.69) is 47.5 Å². The second kappa shape index (κ2) is 6.31. The zero-order valence-electron chi connectivity index (χ0n) is 10.6. The minimum Gasteiger partial charge on any atom is -0.323 e. The van der Waals surface area contributed by atoms with Crippen molar-refractivity contribution in [1.29, 1.82) is 0 Å². The molecule has 0 saturated heterocycles. The molecule has 3 nitrogen and oxygen atoms in total. The van der Waals surface area contributed by atoms with Crippen molar-refractivity contribution in [2.24, 2.45) is 5.73 Å². The first kappa shape index (κ1) is 13.5. The Morgan fingerprint density at radius 1 is 1.44 bits per heavy atom. The fourth-order valence-electron chi connectivity index (χ4n) is 1.60. The normalized spacial score (nSPS) is 12.6.